The van der Waals surface area contributed by atoms with Gasteiger partial charge in [0, 0.05) is 35.8 Å². The number of fused-ring (bicyclic) bond motifs is 1. The van der Waals surface area contributed by atoms with Crippen molar-refractivity contribution in [3.63, 3.8) is 0 Å². The Morgan fingerprint density at radius 3 is 2.51 bits per heavy atom. The van der Waals surface area contributed by atoms with E-state index in [-0.39, 0.29) is 18.6 Å². The molecule has 1 saturated carbocycles. The van der Waals surface area contributed by atoms with Gasteiger partial charge in [-0.2, -0.15) is 0 Å². The molecule has 1 aliphatic rings. The van der Waals surface area contributed by atoms with Gasteiger partial charge < -0.3 is 24.5 Å². The zero-order valence-corrected chi connectivity index (χ0v) is 23.0. The Kier molecular flexibility index (Phi) is 8.48. The van der Waals surface area contributed by atoms with E-state index in [1.807, 2.05) is 49.5 Å². The highest BCUT2D eigenvalue weighted by atomic mass is 16.5. The first-order valence-electron chi connectivity index (χ1n) is 13.7. The zero-order valence-electron chi connectivity index (χ0n) is 23.0. The van der Waals surface area contributed by atoms with Crippen molar-refractivity contribution < 1.29 is 19.1 Å². The minimum Gasteiger partial charge on any atom is -0.491 e. The maximum atomic E-state index is 12.7. The van der Waals surface area contributed by atoms with E-state index in [1.54, 1.807) is 18.7 Å². The van der Waals surface area contributed by atoms with E-state index in [0.717, 1.165) is 59.5 Å². The molecule has 3 aromatic rings. The summed E-state index contributed by atoms with van der Waals surface area (Å²) in [5, 5.41) is 14.8. The molecular formula is C31H42N2O4. The number of hydrogen-bond donors (Lipinski definition) is 2. The number of nitrogens with zero attached hydrogens (tertiary/aromatic N) is 1. The second-order valence-electron chi connectivity index (χ2n) is 11.2. The van der Waals surface area contributed by atoms with E-state index in [2.05, 4.69) is 19.2 Å². The lowest BCUT2D eigenvalue weighted by molar-refractivity contribution is 0.0285. The maximum absolute atomic E-state index is 12.7. The highest BCUT2D eigenvalue weighted by Crippen LogP contribution is 2.41. The van der Waals surface area contributed by atoms with Crippen LogP contribution in [0.1, 0.15) is 87.0 Å². The number of rotatable bonds is 10. The predicted octanol–water partition coefficient (Wildman–Crippen LogP) is 7.11. The third-order valence-corrected chi connectivity index (χ3v) is 7.30. The summed E-state index contributed by atoms with van der Waals surface area (Å²) in [6.07, 6.45) is 7.00. The molecule has 6 heteroatoms. The monoisotopic (exact) mass is 506 g/mol. The van der Waals surface area contributed by atoms with Crippen LogP contribution in [0, 0.1) is 12.8 Å². The Morgan fingerprint density at radius 2 is 1.86 bits per heavy atom. The lowest BCUT2D eigenvalue weighted by Crippen LogP contribution is -2.27. The summed E-state index contributed by atoms with van der Waals surface area (Å²) >= 11 is 0. The Hall–Kier alpha value is -2.99. The van der Waals surface area contributed by atoms with Gasteiger partial charge in [0.15, 0.2) is 0 Å². The van der Waals surface area contributed by atoms with Gasteiger partial charge in [0.25, 0.3) is 5.91 Å². The molecule has 0 spiro atoms. The summed E-state index contributed by atoms with van der Waals surface area (Å²) < 4.78 is 12.3. The van der Waals surface area contributed by atoms with Crippen LogP contribution in [0.3, 0.4) is 0 Å². The smallest absolute Gasteiger partial charge is 0.253 e. The van der Waals surface area contributed by atoms with Crippen LogP contribution in [0.15, 0.2) is 46.9 Å². The molecule has 1 aliphatic carbocycles. The average Bonchev–Trinajstić information content (AvgIpc) is 3.21. The van der Waals surface area contributed by atoms with Crippen LogP contribution in [0.4, 0.5) is 5.69 Å². The van der Waals surface area contributed by atoms with Crippen molar-refractivity contribution in [1.29, 1.82) is 0 Å². The van der Waals surface area contributed by atoms with Crippen LogP contribution >= 0.6 is 0 Å². The lowest BCUT2D eigenvalue weighted by Gasteiger charge is -2.31. The first kappa shape index (κ1) is 27.1. The van der Waals surface area contributed by atoms with Gasteiger partial charge in [-0.3, -0.25) is 4.79 Å². The molecule has 1 heterocycles. The standard InChI is InChI=1S/C31H42N2O4/c1-6-18-33(5)30(34)23-12-14-24(15-13-23)32-28(22-10-8-7-9-11-22)29-21(2)26-19-25(16-17-27(26)37-29)36-20-31(3,4)35/h12-17,19,22,28,32,35H,6-11,18,20H2,1-5H3. The van der Waals surface area contributed by atoms with Gasteiger partial charge in [0.05, 0.1) is 11.6 Å². The number of ether oxygens (including phenoxy) is 1. The number of benzene rings is 2. The van der Waals surface area contributed by atoms with Crippen molar-refractivity contribution in [3.05, 3.63) is 59.4 Å². The van der Waals surface area contributed by atoms with Crippen LogP contribution in [0.25, 0.3) is 11.0 Å². The molecule has 1 unspecified atom stereocenters. The number of carbonyl (C=O) groups is 1. The molecule has 2 aromatic carbocycles. The maximum Gasteiger partial charge on any atom is 0.253 e. The summed E-state index contributed by atoms with van der Waals surface area (Å²) in [5.41, 5.74) is 2.74. The SMILES string of the molecule is CCCN(C)C(=O)c1ccc(NC(c2oc3ccc(OCC(C)(C)O)cc3c2C)C2CCCCC2)cc1. The minimum atomic E-state index is -0.896. The molecule has 4 rings (SSSR count). The van der Waals surface area contributed by atoms with E-state index in [4.69, 9.17) is 9.15 Å². The van der Waals surface area contributed by atoms with Crippen molar-refractivity contribution in [2.24, 2.45) is 5.92 Å². The first-order chi connectivity index (χ1) is 17.7. The summed E-state index contributed by atoms with van der Waals surface area (Å²) in [5.74, 6) is 2.20. The number of nitrogens with one attached hydrogen (secondary N) is 1. The molecule has 200 valence electrons. The van der Waals surface area contributed by atoms with Gasteiger partial charge in [-0.1, -0.05) is 26.2 Å². The van der Waals surface area contributed by atoms with E-state index >= 15 is 0 Å². The van der Waals surface area contributed by atoms with Crippen LogP contribution in [-0.2, 0) is 0 Å². The van der Waals surface area contributed by atoms with E-state index in [9.17, 15) is 9.90 Å². The lowest BCUT2D eigenvalue weighted by atomic mass is 9.82. The molecule has 6 nitrogen and oxygen atoms in total. The topological polar surface area (TPSA) is 74.9 Å². The van der Waals surface area contributed by atoms with Gasteiger partial charge in [0.2, 0.25) is 0 Å². The molecule has 2 N–H and O–H groups in total. The molecule has 0 bridgehead atoms. The Labute approximate surface area is 221 Å². The summed E-state index contributed by atoms with van der Waals surface area (Å²) in [4.78, 5) is 14.4. The summed E-state index contributed by atoms with van der Waals surface area (Å²) in [6.45, 7) is 8.63. The molecule has 37 heavy (non-hydrogen) atoms. The molecule has 0 aliphatic heterocycles. The van der Waals surface area contributed by atoms with Crippen LogP contribution < -0.4 is 10.1 Å². The van der Waals surface area contributed by atoms with Crippen LogP contribution in [0.2, 0.25) is 0 Å². The number of hydrogen-bond acceptors (Lipinski definition) is 5. The quantitative estimate of drug-likeness (QED) is 0.307. The Bertz CT molecular complexity index is 1190. The van der Waals surface area contributed by atoms with Crippen molar-refractivity contribution in [3.8, 4) is 5.75 Å². The highest BCUT2D eigenvalue weighted by molar-refractivity contribution is 5.94. The molecule has 0 saturated heterocycles. The normalized spacial score (nSPS) is 15.5. The molecule has 1 aromatic heterocycles. The number of carbonyl (C=O) groups excluding carboxylic acids is 1. The minimum absolute atomic E-state index is 0.0396. The fourth-order valence-corrected chi connectivity index (χ4v) is 5.28. The average molecular weight is 507 g/mol. The summed E-state index contributed by atoms with van der Waals surface area (Å²) in [7, 11) is 1.85. The predicted molar refractivity (Wildman–Crippen MR) is 149 cm³/mol. The number of aliphatic hydroxyl groups is 1. The number of amides is 1. The highest BCUT2D eigenvalue weighted by Gasteiger charge is 2.30. The second kappa shape index (κ2) is 11.6. The van der Waals surface area contributed by atoms with Gasteiger partial charge in [-0.25, -0.2) is 0 Å². The molecular weight excluding hydrogens is 464 g/mol. The van der Waals surface area contributed by atoms with Gasteiger partial charge in [0.1, 0.15) is 23.7 Å². The summed E-state index contributed by atoms with van der Waals surface area (Å²) in [6, 6.07) is 13.7. The fourth-order valence-electron chi connectivity index (χ4n) is 5.28. The second-order valence-corrected chi connectivity index (χ2v) is 11.2. The van der Waals surface area contributed by atoms with Gasteiger partial charge in [-0.15, -0.1) is 0 Å². The van der Waals surface area contributed by atoms with Crippen LogP contribution in [0.5, 0.6) is 5.75 Å². The number of anilines is 1. The Morgan fingerprint density at radius 1 is 1.16 bits per heavy atom. The van der Waals surface area contributed by atoms with Gasteiger partial charge in [-0.05, 0) is 88.4 Å². The van der Waals surface area contributed by atoms with Crippen LogP contribution in [-0.4, -0.2) is 41.7 Å². The van der Waals surface area contributed by atoms with Crippen molar-refractivity contribution >= 4 is 22.6 Å². The first-order valence-corrected chi connectivity index (χ1v) is 13.7. The van der Waals surface area contributed by atoms with Gasteiger partial charge >= 0.3 is 0 Å². The third kappa shape index (κ3) is 6.67. The number of aryl methyl sites for hydroxylation is 1. The van der Waals surface area contributed by atoms with Crippen molar-refractivity contribution in [2.45, 2.75) is 77.9 Å². The van der Waals surface area contributed by atoms with Crippen molar-refractivity contribution in [1.82, 2.24) is 4.90 Å². The number of furan rings is 1. The van der Waals surface area contributed by atoms with Crippen molar-refractivity contribution in [2.75, 3.05) is 25.5 Å². The molecule has 1 amide bonds. The third-order valence-electron chi connectivity index (χ3n) is 7.30. The largest absolute Gasteiger partial charge is 0.491 e. The zero-order chi connectivity index (χ0) is 26.6. The fraction of sp³-hybridized carbons (Fsp3) is 0.516. The Balaban J connectivity index is 1.61. The van der Waals surface area contributed by atoms with E-state index in [1.165, 1.54) is 19.3 Å². The molecule has 1 fully saturated rings. The molecule has 1 atom stereocenters. The molecule has 0 radical (unpaired) electrons. The van der Waals surface area contributed by atoms with E-state index in [0.29, 0.717) is 11.5 Å². The van der Waals surface area contributed by atoms with E-state index < -0.39 is 5.60 Å².